The van der Waals surface area contributed by atoms with Gasteiger partial charge in [0, 0.05) is 19.5 Å². The van der Waals surface area contributed by atoms with Crippen LogP contribution in [0.2, 0.25) is 0 Å². The third kappa shape index (κ3) is 6.57. The molecule has 1 aliphatic rings. The molecule has 0 atom stereocenters. The Labute approximate surface area is 177 Å². The topological polar surface area (TPSA) is 105 Å². The SMILES string of the molecule is CC(C)c1ccc(CCNC(=O)COC(=O)CCCN2C(=O)NC(C)(C)C2=O)cc1. The van der Waals surface area contributed by atoms with Crippen molar-refractivity contribution >= 4 is 23.8 Å². The van der Waals surface area contributed by atoms with E-state index < -0.39 is 17.5 Å². The maximum absolute atomic E-state index is 12.1. The fourth-order valence-corrected chi connectivity index (χ4v) is 3.09. The summed E-state index contributed by atoms with van der Waals surface area (Å²) in [6, 6.07) is 7.81. The molecule has 1 aromatic rings. The molecule has 0 aromatic heterocycles. The number of hydrogen-bond donors (Lipinski definition) is 2. The third-order valence-electron chi connectivity index (χ3n) is 4.95. The Hall–Kier alpha value is -2.90. The quantitative estimate of drug-likeness (QED) is 0.448. The van der Waals surface area contributed by atoms with E-state index in [1.807, 2.05) is 12.1 Å². The van der Waals surface area contributed by atoms with Crippen LogP contribution in [0.1, 0.15) is 57.6 Å². The zero-order valence-electron chi connectivity index (χ0n) is 18.1. The van der Waals surface area contributed by atoms with E-state index in [4.69, 9.17) is 4.74 Å². The van der Waals surface area contributed by atoms with E-state index in [-0.39, 0.29) is 37.8 Å². The van der Waals surface area contributed by atoms with E-state index in [1.54, 1.807) is 13.8 Å². The molecule has 8 heteroatoms. The summed E-state index contributed by atoms with van der Waals surface area (Å²) in [5, 5.41) is 5.30. The maximum Gasteiger partial charge on any atom is 0.325 e. The molecule has 0 bridgehead atoms. The van der Waals surface area contributed by atoms with E-state index in [2.05, 4.69) is 36.6 Å². The molecule has 0 aliphatic carbocycles. The Bertz CT molecular complexity index is 786. The smallest absolute Gasteiger partial charge is 0.325 e. The first-order valence-corrected chi connectivity index (χ1v) is 10.3. The summed E-state index contributed by atoms with van der Waals surface area (Å²) in [7, 11) is 0. The highest BCUT2D eigenvalue weighted by molar-refractivity contribution is 6.06. The number of rotatable bonds is 10. The highest BCUT2D eigenvalue weighted by Crippen LogP contribution is 2.17. The average Bonchev–Trinajstić information content (AvgIpc) is 2.88. The van der Waals surface area contributed by atoms with Gasteiger partial charge < -0.3 is 15.4 Å². The predicted molar refractivity (Wildman–Crippen MR) is 112 cm³/mol. The average molecular weight is 418 g/mol. The molecule has 0 radical (unpaired) electrons. The number of esters is 1. The van der Waals surface area contributed by atoms with Crippen molar-refractivity contribution < 1.29 is 23.9 Å². The van der Waals surface area contributed by atoms with Gasteiger partial charge in [-0.15, -0.1) is 0 Å². The standard InChI is InChI=1S/C22H31N3O5/c1-15(2)17-9-7-16(8-10-17)11-12-23-18(26)14-30-19(27)6-5-13-25-20(28)22(3,4)24-21(25)29/h7-10,15H,5-6,11-14H2,1-4H3,(H,23,26)(H,24,29). The number of urea groups is 1. The molecule has 1 saturated heterocycles. The Morgan fingerprint density at radius 3 is 2.40 bits per heavy atom. The van der Waals surface area contributed by atoms with Crippen LogP contribution < -0.4 is 10.6 Å². The lowest BCUT2D eigenvalue weighted by molar-refractivity contribution is -0.148. The molecule has 8 nitrogen and oxygen atoms in total. The van der Waals surface area contributed by atoms with Crippen molar-refractivity contribution in [3.63, 3.8) is 0 Å². The van der Waals surface area contributed by atoms with Crippen LogP contribution in [0, 0.1) is 0 Å². The van der Waals surface area contributed by atoms with Crippen LogP contribution in [-0.2, 0) is 25.5 Å². The number of benzene rings is 1. The fraction of sp³-hybridized carbons (Fsp3) is 0.545. The van der Waals surface area contributed by atoms with Crippen LogP contribution in [0.25, 0.3) is 0 Å². The van der Waals surface area contributed by atoms with Gasteiger partial charge in [-0.05, 0) is 43.7 Å². The molecule has 30 heavy (non-hydrogen) atoms. The molecule has 1 aliphatic heterocycles. The van der Waals surface area contributed by atoms with Crippen molar-refractivity contribution in [1.29, 1.82) is 0 Å². The zero-order chi connectivity index (χ0) is 22.3. The van der Waals surface area contributed by atoms with Gasteiger partial charge >= 0.3 is 12.0 Å². The number of ether oxygens (including phenoxy) is 1. The lowest BCUT2D eigenvalue weighted by atomic mass is 10.0. The number of hydrogen-bond acceptors (Lipinski definition) is 5. The monoisotopic (exact) mass is 417 g/mol. The maximum atomic E-state index is 12.1. The first-order valence-electron chi connectivity index (χ1n) is 10.3. The Morgan fingerprint density at radius 2 is 1.83 bits per heavy atom. The molecule has 0 spiro atoms. The molecule has 164 valence electrons. The molecule has 2 rings (SSSR count). The van der Waals surface area contributed by atoms with Gasteiger partial charge in [-0.3, -0.25) is 19.3 Å². The van der Waals surface area contributed by atoms with E-state index in [0.717, 1.165) is 10.5 Å². The van der Waals surface area contributed by atoms with Gasteiger partial charge in [0.05, 0.1) is 0 Å². The van der Waals surface area contributed by atoms with Gasteiger partial charge in [-0.2, -0.15) is 0 Å². The molecule has 0 unspecified atom stereocenters. The predicted octanol–water partition coefficient (Wildman–Crippen LogP) is 2.12. The third-order valence-corrected chi connectivity index (χ3v) is 4.95. The van der Waals surface area contributed by atoms with Crippen molar-refractivity contribution in [3.8, 4) is 0 Å². The highest BCUT2D eigenvalue weighted by atomic mass is 16.5. The summed E-state index contributed by atoms with van der Waals surface area (Å²) in [6.45, 7) is 7.77. The van der Waals surface area contributed by atoms with Crippen LogP contribution >= 0.6 is 0 Å². The number of carbonyl (C=O) groups excluding carboxylic acids is 4. The van der Waals surface area contributed by atoms with Crippen LogP contribution in [-0.4, -0.2) is 54.0 Å². The Balaban J connectivity index is 1.60. The number of imide groups is 1. The van der Waals surface area contributed by atoms with Crippen molar-refractivity contribution in [1.82, 2.24) is 15.5 Å². The van der Waals surface area contributed by atoms with Crippen molar-refractivity contribution in [2.45, 2.75) is 58.4 Å². The summed E-state index contributed by atoms with van der Waals surface area (Å²) in [6.07, 6.45) is 0.995. The van der Waals surface area contributed by atoms with Crippen molar-refractivity contribution in [2.75, 3.05) is 19.7 Å². The van der Waals surface area contributed by atoms with Crippen LogP contribution in [0.4, 0.5) is 4.79 Å². The number of nitrogens with zero attached hydrogens (tertiary/aromatic N) is 1. The van der Waals surface area contributed by atoms with Crippen molar-refractivity contribution in [3.05, 3.63) is 35.4 Å². The summed E-state index contributed by atoms with van der Waals surface area (Å²) in [4.78, 5) is 48.5. The molecule has 1 fully saturated rings. The van der Waals surface area contributed by atoms with Gasteiger partial charge in [0.2, 0.25) is 0 Å². The second kappa shape index (κ2) is 10.2. The van der Waals surface area contributed by atoms with Gasteiger partial charge in [-0.1, -0.05) is 38.1 Å². The number of amides is 4. The van der Waals surface area contributed by atoms with Crippen LogP contribution in [0.15, 0.2) is 24.3 Å². The molecule has 4 amide bonds. The summed E-state index contributed by atoms with van der Waals surface area (Å²) < 4.78 is 4.95. The number of carbonyl (C=O) groups is 4. The Kier molecular flexibility index (Phi) is 7.97. The van der Waals surface area contributed by atoms with Crippen LogP contribution in [0.5, 0.6) is 0 Å². The van der Waals surface area contributed by atoms with Gasteiger partial charge in [0.15, 0.2) is 6.61 Å². The van der Waals surface area contributed by atoms with Gasteiger partial charge in [0.25, 0.3) is 11.8 Å². The molecule has 0 saturated carbocycles. The molecular weight excluding hydrogens is 386 g/mol. The molecule has 1 aromatic carbocycles. The normalized spacial score (nSPS) is 15.3. The lowest BCUT2D eigenvalue weighted by Gasteiger charge is -2.15. The van der Waals surface area contributed by atoms with Crippen LogP contribution in [0.3, 0.4) is 0 Å². The minimum Gasteiger partial charge on any atom is -0.456 e. The van der Waals surface area contributed by atoms with Gasteiger partial charge in [0.1, 0.15) is 5.54 Å². The minimum absolute atomic E-state index is 0.0208. The highest BCUT2D eigenvalue weighted by Gasteiger charge is 2.43. The molecule has 2 N–H and O–H groups in total. The fourth-order valence-electron chi connectivity index (χ4n) is 3.09. The van der Waals surface area contributed by atoms with Gasteiger partial charge in [-0.25, -0.2) is 4.79 Å². The summed E-state index contributed by atoms with van der Waals surface area (Å²) in [5.41, 5.74) is 1.47. The molecule has 1 heterocycles. The van der Waals surface area contributed by atoms with E-state index in [0.29, 0.717) is 18.9 Å². The van der Waals surface area contributed by atoms with E-state index >= 15 is 0 Å². The minimum atomic E-state index is -0.924. The summed E-state index contributed by atoms with van der Waals surface area (Å²) >= 11 is 0. The first-order chi connectivity index (χ1) is 14.1. The second-order valence-corrected chi connectivity index (χ2v) is 8.27. The Morgan fingerprint density at radius 1 is 1.17 bits per heavy atom. The lowest BCUT2D eigenvalue weighted by Crippen LogP contribution is -2.40. The molecular formula is C22H31N3O5. The van der Waals surface area contributed by atoms with E-state index in [1.165, 1.54) is 5.56 Å². The summed E-state index contributed by atoms with van der Waals surface area (Å²) in [5.74, 6) is -0.744. The van der Waals surface area contributed by atoms with Crippen molar-refractivity contribution in [2.24, 2.45) is 0 Å². The van der Waals surface area contributed by atoms with E-state index in [9.17, 15) is 19.2 Å². The largest absolute Gasteiger partial charge is 0.456 e. The second-order valence-electron chi connectivity index (χ2n) is 8.27. The zero-order valence-corrected chi connectivity index (χ0v) is 18.1. The first kappa shape index (κ1) is 23.4. The number of nitrogens with one attached hydrogen (secondary N) is 2.